The highest BCUT2D eigenvalue weighted by molar-refractivity contribution is 5.40. The van der Waals surface area contributed by atoms with Crippen molar-refractivity contribution in [2.75, 3.05) is 0 Å². The van der Waals surface area contributed by atoms with Gasteiger partial charge in [0.2, 0.25) is 0 Å². The van der Waals surface area contributed by atoms with Gasteiger partial charge in [-0.1, -0.05) is 37.6 Å². The highest BCUT2D eigenvalue weighted by atomic mass is 14.5. The third-order valence-electron chi connectivity index (χ3n) is 3.61. The summed E-state index contributed by atoms with van der Waals surface area (Å²) in [5.74, 6) is 0.813. The maximum absolute atomic E-state index is 2.36. The van der Waals surface area contributed by atoms with E-state index in [0.29, 0.717) is 5.41 Å². The zero-order chi connectivity index (χ0) is 11.1. The number of rotatable bonds is 3. The van der Waals surface area contributed by atoms with E-state index < -0.39 is 0 Å². The van der Waals surface area contributed by atoms with Crippen LogP contribution in [0.15, 0.2) is 18.2 Å². The van der Waals surface area contributed by atoms with Gasteiger partial charge in [-0.3, -0.25) is 0 Å². The molecular weight excluding hydrogens is 180 g/mol. The minimum absolute atomic E-state index is 0.548. The van der Waals surface area contributed by atoms with Gasteiger partial charge in [0.25, 0.3) is 0 Å². The molecule has 0 nitrogen and oxygen atoms in total. The number of hydrogen-bond acceptors (Lipinski definition) is 0. The predicted molar refractivity (Wildman–Crippen MR) is 66.3 cm³/mol. The Morgan fingerprint density at radius 1 is 1.20 bits per heavy atom. The zero-order valence-electron chi connectivity index (χ0n) is 10.4. The van der Waals surface area contributed by atoms with E-state index in [4.69, 9.17) is 0 Å². The molecule has 1 aromatic rings. The Kier molecular flexibility index (Phi) is 2.62. The predicted octanol–water partition coefficient (Wildman–Crippen LogP) is 4.38. The molecule has 0 heteroatoms. The molecule has 0 heterocycles. The molecular formula is C15H22. The van der Waals surface area contributed by atoms with Crippen molar-refractivity contribution >= 4 is 0 Å². The van der Waals surface area contributed by atoms with E-state index in [9.17, 15) is 0 Å². The first kappa shape index (κ1) is 10.7. The number of aryl methyl sites for hydroxylation is 2. The summed E-state index contributed by atoms with van der Waals surface area (Å²) >= 11 is 0. The quantitative estimate of drug-likeness (QED) is 0.682. The van der Waals surface area contributed by atoms with Gasteiger partial charge in [-0.15, -0.1) is 0 Å². The van der Waals surface area contributed by atoms with E-state index in [1.807, 2.05) is 0 Å². The van der Waals surface area contributed by atoms with Crippen molar-refractivity contribution in [3.63, 3.8) is 0 Å². The molecule has 15 heavy (non-hydrogen) atoms. The van der Waals surface area contributed by atoms with Crippen molar-refractivity contribution in [3.8, 4) is 0 Å². The molecule has 0 aromatic heterocycles. The second-order valence-electron chi connectivity index (χ2n) is 5.70. The van der Waals surface area contributed by atoms with E-state index in [2.05, 4.69) is 45.9 Å². The zero-order valence-corrected chi connectivity index (χ0v) is 10.4. The third kappa shape index (κ3) is 2.09. The lowest BCUT2D eigenvalue weighted by Crippen LogP contribution is -2.11. The first-order chi connectivity index (χ1) is 7.03. The summed E-state index contributed by atoms with van der Waals surface area (Å²) < 4.78 is 0. The standard InChI is InChI=1S/C15H22/c1-11(2)10-15(7-8-15)14-6-5-12(3)9-13(14)4/h5-6,9,11H,7-8,10H2,1-4H3. The first-order valence-corrected chi connectivity index (χ1v) is 6.11. The third-order valence-corrected chi connectivity index (χ3v) is 3.61. The molecule has 0 saturated heterocycles. The van der Waals surface area contributed by atoms with Gasteiger partial charge in [0.05, 0.1) is 0 Å². The van der Waals surface area contributed by atoms with Crippen LogP contribution in [-0.2, 0) is 5.41 Å². The van der Waals surface area contributed by atoms with Crippen LogP contribution in [0.5, 0.6) is 0 Å². The fraction of sp³-hybridized carbons (Fsp3) is 0.600. The molecule has 1 saturated carbocycles. The monoisotopic (exact) mass is 202 g/mol. The fourth-order valence-electron chi connectivity index (χ4n) is 2.92. The highest BCUT2D eigenvalue weighted by Crippen LogP contribution is 2.53. The summed E-state index contributed by atoms with van der Waals surface area (Å²) in [6.45, 7) is 9.12. The van der Waals surface area contributed by atoms with Crippen LogP contribution in [0, 0.1) is 19.8 Å². The number of benzene rings is 1. The van der Waals surface area contributed by atoms with Crippen molar-refractivity contribution < 1.29 is 0 Å². The molecule has 0 N–H and O–H groups in total. The lowest BCUT2D eigenvalue weighted by atomic mass is 9.84. The highest BCUT2D eigenvalue weighted by Gasteiger charge is 2.44. The summed E-state index contributed by atoms with van der Waals surface area (Å²) in [6.07, 6.45) is 4.15. The molecule has 0 radical (unpaired) electrons. The average Bonchev–Trinajstić information content (AvgIpc) is 2.83. The van der Waals surface area contributed by atoms with Gasteiger partial charge in [0.15, 0.2) is 0 Å². The van der Waals surface area contributed by atoms with Crippen LogP contribution >= 0.6 is 0 Å². The molecule has 0 atom stereocenters. The van der Waals surface area contributed by atoms with Gasteiger partial charge in [-0.25, -0.2) is 0 Å². The minimum Gasteiger partial charge on any atom is -0.0627 e. The van der Waals surface area contributed by atoms with Gasteiger partial charge in [-0.2, -0.15) is 0 Å². The molecule has 1 aromatic carbocycles. The first-order valence-electron chi connectivity index (χ1n) is 6.11. The Bertz CT molecular complexity index is 356. The molecule has 1 fully saturated rings. The van der Waals surface area contributed by atoms with Crippen molar-refractivity contribution in [3.05, 3.63) is 34.9 Å². The number of hydrogen-bond donors (Lipinski definition) is 0. The van der Waals surface area contributed by atoms with Crippen LogP contribution < -0.4 is 0 Å². The van der Waals surface area contributed by atoms with E-state index >= 15 is 0 Å². The molecule has 1 aliphatic carbocycles. The summed E-state index contributed by atoms with van der Waals surface area (Å²) in [5.41, 5.74) is 5.04. The normalized spacial score (nSPS) is 18.2. The minimum atomic E-state index is 0.548. The van der Waals surface area contributed by atoms with Crippen LogP contribution in [-0.4, -0.2) is 0 Å². The molecule has 0 bridgehead atoms. The molecule has 1 aliphatic rings. The van der Waals surface area contributed by atoms with E-state index in [1.165, 1.54) is 30.4 Å². The largest absolute Gasteiger partial charge is 0.0627 e. The Balaban J connectivity index is 2.29. The van der Waals surface area contributed by atoms with Gasteiger partial charge < -0.3 is 0 Å². The van der Waals surface area contributed by atoms with Crippen molar-refractivity contribution in [1.82, 2.24) is 0 Å². The van der Waals surface area contributed by atoms with Crippen LogP contribution in [0.25, 0.3) is 0 Å². The molecule has 82 valence electrons. The molecule has 0 aliphatic heterocycles. The molecule has 0 spiro atoms. The topological polar surface area (TPSA) is 0 Å². The maximum Gasteiger partial charge on any atom is -0.00413 e. The summed E-state index contributed by atoms with van der Waals surface area (Å²) in [6, 6.07) is 6.96. The second-order valence-corrected chi connectivity index (χ2v) is 5.70. The SMILES string of the molecule is Cc1ccc(C2(CC(C)C)CC2)c(C)c1. The molecule has 2 rings (SSSR count). The van der Waals surface area contributed by atoms with Gasteiger partial charge in [0.1, 0.15) is 0 Å². The van der Waals surface area contributed by atoms with Crippen LogP contribution in [0.2, 0.25) is 0 Å². The van der Waals surface area contributed by atoms with E-state index in [0.717, 1.165) is 5.92 Å². The maximum atomic E-state index is 2.36. The van der Waals surface area contributed by atoms with E-state index in [1.54, 1.807) is 5.56 Å². The van der Waals surface area contributed by atoms with Gasteiger partial charge in [0, 0.05) is 0 Å². The smallest absolute Gasteiger partial charge is 0.00413 e. The van der Waals surface area contributed by atoms with Crippen molar-refractivity contribution in [1.29, 1.82) is 0 Å². The van der Waals surface area contributed by atoms with Gasteiger partial charge >= 0.3 is 0 Å². The van der Waals surface area contributed by atoms with Crippen LogP contribution in [0.1, 0.15) is 49.8 Å². The van der Waals surface area contributed by atoms with Crippen molar-refractivity contribution in [2.24, 2.45) is 5.92 Å². The van der Waals surface area contributed by atoms with Crippen LogP contribution in [0.3, 0.4) is 0 Å². The molecule has 0 amide bonds. The summed E-state index contributed by atoms with van der Waals surface area (Å²) in [5, 5.41) is 0. The fourth-order valence-corrected chi connectivity index (χ4v) is 2.92. The lowest BCUT2D eigenvalue weighted by molar-refractivity contribution is 0.485. The summed E-state index contributed by atoms with van der Waals surface area (Å²) in [7, 11) is 0. The average molecular weight is 202 g/mol. The Hall–Kier alpha value is -0.780. The Labute approximate surface area is 93.7 Å². The Morgan fingerprint density at radius 3 is 2.33 bits per heavy atom. The lowest BCUT2D eigenvalue weighted by Gasteiger charge is -2.20. The second kappa shape index (κ2) is 3.66. The van der Waals surface area contributed by atoms with Crippen molar-refractivity contribution in [2.45, 2.75) is 52.4 Å². The summed E-state index contributed by atoms with van der Waals surface area (Å²) in [4.78, 5) is 0. The Morgan fingerprint density at radius 2 is 1.87 bits per heavy atom. The van der Waals surface area contributed by atoms with E-state index in [-0.39, 0.29) is 0 Å². The van der Waals surface area contributed by atoms with Crippen LogP contribution in [0.4, 0.5) is 0 Å². The van der Waals surface area contributed by atoms with Gasteiger partial charge in [-0.05, 0) is 55.6 Å². The molecule has 0 unspecified atom stereocenters.